The first kappa shape index (κ1) is 13.0. The summed E-state index contributed by atoms with van der Waals surface area (Å²) in [6.45, 7) is 3.29. The monoisotopic (exact) mass is 279 g/mol. The van der Waals surface area contributed by atoms with Crippen LogP contribution in [0.5, 0.6) is 5.75 Å². The third kappa shape index (κ3) is 3.78. The van der Waals surface area contributed by atoms with Gasteiger partial charge in [-0.25, -0.2) is 0 Å². The Morgan fingerprint density at radius 1 is 1.47 bits per heavy atom. The zero-order valence-electron chi connectivity index (χ0n) is 9.78. The van der Waals surface area contributed by atoms with Gasteiger partial charge in [0.2, 0.25) is 0 Å². The molecule has 1 aromatic carbocycles. The fraction of sp³-hybridized carbons (Fsp3) is 0.0909. The molecule has 0 atom stereocenters. The van der Waals surface area contributed by atoms with Gasteiger partial charge in [0, 0.05) is 11.2 Å². The Kier molecular flexibility index (Phi) is 4.09. The third-order valence-electron chi connectivity index (χ3n) is 2.03. The van der Waals surface area contributed by atoms with Crippen molar-refractivity contribution in [2.45, 2.75) is 0 Å². The molecule has 0 saturated heterocycles. The lowest BCUT2D eigenvalue weighted by Gasteiger charge is -2.04. The van der Waals surface area contributed by atoms with E-state index in [0.717, 1.165) is 4.80 Å². The van der Waals surface area contributed by atoms with Gasteiger partial charge >= 0.3 is 0 Å². The van der Waals surface area contributed by atoms with Crippen molar-refractivity contribution in [1.82, 2.24) is 20.2 Å². The summed E-state index contributed by atoms with van der Waals surface area (Å²) in [4.78, 5) is 12.7. The van der Waals surface area contributed by atoms with Crippen LogP contribution in [0.1, 0.15) is 0 Å². The van der Waals surface area contributed by atoms with Crippen LogP contribution in [0, 0.1) is 0 Å². The van der Waals surface area contributed by atoms with Crippen LogP contribution >= 0.6 is 11.6 Å². The molecule has 8 heteroatoms. The highest BCUT2D eigenvalue weighted by atomic mass is 35.5. The van der Waals surface area contributed by atoms with Gasteiger partial charge in [0.15, 0.2) is 6.61 Å². The number of hydrogen-bond donors (Lipinski definition) is 1. The molecule has 0 aliphatic heterocycles. The molecule has 0 aliphatic carbocycles. The highest BCUT2D eigenvalue weighted by Crippen LogP contribution is 2.15. The lowest BCUT2D eigenvalue weighted by atomic mass is 10.3. The van der Waals surface area contributed by atoms with Crippen molar-refractivity contribution >= 4 is 29.7 Å². The van der Waals surface area contributed by atoms with Crippen LogP contribution in [0.4, 0.5) is 5.95 Å². The fourth-order valence-electron chi connectivity index (χ4n) is 1.19. The number of nitrogens with zero attached hydrogens (tertiary/aromatic N) is 4. The number of anilines is 1. The molecule has 1 amide bonds. The second kappa shape index (κ2) is 5.96. The number of nitrogens with one attached hydrogen (secondary N) is 1. The predicted octanol–water partition coefficient (Wildman–Crippen LogP) is 1.44. The highest BCUT2D eigenvalue weighted by Gasteiger charge is 2.07. The average molecular weight is 280 g/mol. The molecular weight excluding hydrogens is 270 g/mol. The summed E-state index contributed by atoms with van der Waals surface area (Å²) in [6, 6.07) is 6.68. The van der Waals surface area contributed by atoms with Gasteiger partial charge in [-0.15, -0.1) is 9.90 Å². The molecule has 0 unspecified atom stereocenters. The van der Waals surface area contributed by atoms with E-state index in [-0.39, 0.29) is 12.6 Å². The van der Waals surface area contributed by atoms with Crippen LogP contribution in [-0.4, -0.2) is 32.7 Å². The molecule has 7 nitrogen and oxygen atoms in total. The molecule has 1 heterocycles. The van der Waals surface area contributed by atoms with Gasteiger partial charge in [-0.2, -0.15) is 0 Å². The number of rotatable bonds is 5. The van der Waals surface area contributed by atoms with Crippen molar-refractivity contribution in [3.63, 3.8) is 0 Å². The molecule has 19 heavy (non-hydrogen) atoms. The van der Waals surface area contributed by atoms with E-state index in [1.807, 2.05) is 0 Å². The summed E-state index contributed by atoms with van der Waals surface area (Å²) in [5.41, 5.74) is 0. The second-order valence-electron chi connectivity index (χ2n) is 3.41. The van der Waals surface area contributed by atoms with Gasteiger partial charge < -0.3 is 4.74 Å². The minimum Gasteiger partial charge on any atom is -0.484 e. The van der Waals surface area contributed by atoms with Crippen LogP contribution < -0.4 is 10.1 Å². The number of aromatic nitrogens is 4. The van der Waals surface area contributed by atoms with Crippen LogP contribution in [0.25, 0.3) is 6.20 Å². The Hall–Kier alpha value is -2.41. The maximum atomic E-state index is 11.5. The molecule has 0 spiro atoms. The summed E-state index contributed by atoms with van der Waals surface area (Å²) in [7, 11) is 0. The molecular formula is C11H10ClN5O2. The lowest BCUT2D eigenvalue weighted by molar-refractivity contribution is -0.118. The minimum absolute atomic E-state index is 0.0876. The van der Waals surface area contributed by atoms with Gasteiger partial charge in [-0.05, 0) is 29.5 Å². The molecule has 98 valence electrons. The third-order valence-corrected chi connectivity index (χ3v) is 2.28. The van der Waals surface area contributed by atoms with Gasteiger partial charge in [-0.3, -0.25) is 10.1 Å². The summed E-state index contributed by atoms with van der Waals surface area (Å²) in [5, 5.41) is 14.0. The largest absolute Gasteiger partial charge is 0.484 e. The first-order chi connectivity index (χ1) is 9.17. The van der Waals surface area contributed by atoms with E-state index in [4.69, 9.17) is 16.3 Å². The number of carbonyl (C=O) groups is 1. The molecule has 0 radical (unpaired) electrons. The zero-order valence-corrected chi connectivity index (χ0v) is 10.5. The van der Waals surface area contributed by atoms with E-state index in [0.29, 0.717) is 10.8 Å². The number of amides is 1. The smallest absolute Gasteiger partial charge is 0.270 e. The Morgan fingerprint density at radius 2 is 2.21 bits per heavy atom. The van der Waals surface area contributed by atoms with Crippen molar-refractivity contribution in [3.05, 3.63) is 35.9 Å². The van der Waals surface area contributed by atoms with Crippen LogP contribution in [0.2, 0.25) is 5.02 Å². The molecule has 0 fully saturated rings. The Bertz CT molecular complexity index is 581. The Labute approximate surface area is 113 Å². The van der Waals surface area contributed by atoms with Crippen molar-refractivity contribution in [3.8, 4) is 5.75 Å². The summed E-state index contributed by atoms with van der Waals surface area (Å²) in [5.74, 6) is 0.241. The first-order valence-electron chi connectivity index (χ1n) is 5.27. The number of tetrazole rings is 1. The topological polar surface area (TPSA) is 81.9 Å². The summed E-state index contributed by atoms with van der Waals surface area (Å²) >= 11 is 5.73. The van der Waals surface area contributed by atoms with Gasteiger partial charge in [0.25, 0.3) is 11.9 Å². The van der Waals surface area contributed by atoms with E-state index in [1.165, 1.54) is 6.20 Å². The Morgan fingerprint density at radius 3 is 2.84 bits per heavy atom. The van der Waals surface area contributed by atoms with Crippen LogP contribution in [0.3, 0.4) is 0 Å². The van der Waals surface area contributed by atoms with E-state index in [9.17, 15) is 4.79 Å². The van der Waals surface area contributed by atoms with E-state index in [1.54, 1.807) is 24.3 Å². The standard InChI is InChI=1S/C11H10ClN5O2/c1-2-17-15-11(14-16-17)13-10(18)7-19-9-5-3-8(12)4-6-9/h2-6H,1,7H2,(H,13,15,18). The normalized spacial score (nSPS) is 9.95. The molecule has 0 saturated carbocycles. The number of halogens is 1. The van der Waals surface area contributed by atoms with E-state index >= 15 is 0 Å². The van der Waals surface area contributed by atoms with Gasteiger partial charge in [0.05, 0.1) is 0 Å². The van der Waals surface area contributed by atoms with E-state index < -0.39 is 5.91 Å². The molecule has 0 aliphatic rings. The molecule has 2 rings (SSSR count). The van der Waals surface area contributed by atoms with Crippen LogP contribution in [-0.2, 0) is 4.79 Å². The summed E-state index contributed by atoms with van der Waals surface area (Å²) < 4.78 is 5.25. The lowest BCUT2D eigenvalue weighted by Crippen LogP contribution is -2.20. The molecule has 1 aromatic heterocycles. The quantitative estimate of drug-likeness (QED) is 0.896. The van der Waals surface area contributed by atoms with Gasteiger partial charge in [0.1, 0.15) is 5.75 Å². The van der Waals surface area contributed by atoms with Gasteiger partial charge in [-0.1, -0.05) is 23.3 Å². The summed E-state index contributed by atoms with van der Waals surface area (Å²) in [6.07, 6.45) is 1.35. The van der Waals surface area contributed by atoms with Crippen molar-refractivity contribution in [2.75, 3.05) is 11.9 Å². The van der Waals surface area contributed by atoms with E-state index in [2.05, 4.69) is 27.3 Å². The minimum atomic E-state index is -0.390. The SMILES string of the molecule is C=Cn1nnc(NC(=O)COc2ccc(Cl)cc2)n1. The number of hydrogen-bond acceptors (Lipinski definition) is 5. The second-order valence-corrected chi connectivity index (χ2v) is 3.84. The maximum absolute atomic E-state index is 11.5. The highest BCUT2D eigenvalue weighted by molar-refractivity contribution is 6.30. The first-order valence-corrected chi connectivity index (χ1v) is 5.65. The Balaban J connectivity index is 1.84. The average Bonchev–Trinajstić information content (AvgIpc) is 2.86. The number of carbonyl (C=O) groups excluding carboxylic acids is 1. The predicted molar refractivity (Wildman–Crippen MR) is 69.8 cm³/mol. The van der Waals surface area contributed by atoms with Crippen molar-refractivity contribution in [2.24, 2.45) is 0 Å². The number of benzene rings is 1. The van der Waals surface area contributed by atoms with Crippen molar-refractivity contribution < 1.29 is 9.53 Å². The zero-order chi connectivity index (χ0) is 13.7. The molecule has 0 bridgehead atoms. The fourth-order valence-corrected chi connectivity index (χ4v) is 1.32. The number of ether oxygens (including phenoxy) is 1. The van der Waals surface area contributed by atoms with Crippen LogP contribution in [0.15, 0.2) is 30.8 Å². The molecule has 1 N–H and O–H groups in total. The maximum Gasteiger partial charge on any atom is 0.270 e. The van der Waals surface area contributed by atoms with Crippen molar-refractivity contribution in [1.29, 1.82) is 0 Å². The molecule has 2 aromatic rings.